The van der Waals surface area contributed by atoms with E-state index in [-0.39, 0.29) is 11.7 Å². The molecule has 0 aliphatic heterocycles. The molecule has 162 valence electrons. The van der Waals surface area contributed by atoms with Crippen LogP contribution >= 0.6 is 45.2 Å². The van der Waals surface area contributed by atoms with Crippen LogP contribution in [-0.4, -0.2) is 31.3 Å². The molecule has 31 heavy (non-hydrogen) atoms. The van der Waals surface area contributed by atoms with Gasteiger partial charge >= 0.3 is 11.9 Å². The number of hydrogen-bond donors (Lipinski definition) is 1. The molecule has 6 nitrogen and oxygen atoms in total. The van der Waals surface area contributed by atoms with Gasteiger partial charge in [0.05, 0.1) is 32.5 Å². The molecule has 0 aromatic heterocycles. The number of esters is 2. The quantitative estimate of drug-likeness (QED) is 0.294. The lowest BCUT2D eigenvalue weighted by atomic mass is 10.2. The van der Waals surface area contributed by atoms with Crippen molar-refractivity contribution < 1.29 is 28.9 Å². The highest BCUT2D eigenvalue weighted by molar-refractivity contribution is 14.1. The van der Waals surface area contributed by atoms with E-state index in [0.29, 0.717) is 27.1 Å². The average Bonchev–Trinajstić information content (AvgIpc) is 2.80. The maximum atomic E-state index is 11.5. The van der Waals surface area contributed by atoms with Gasteiger partial charge in [-0.25, -0.2) is 9.59 Å². The van der Waals surface area contributed by atoms with Crippen LogP contribution in [0, 0.1) is 7.14 Å². The second-order valence-electron chi connectivity index (χ2n) is 6.07. The van der Waals surface area contributed by atoms with Gasteiger partial charge in [0.2, 0.25) is 0 Å². The number of benzene rings is 3. The third-order valence-corrected chi connectivity index (χ3v) is 5.76. The molecule has 0 unspecified atom stereocenters. The van der Waals surface area contributed by atoms with Crippen LogP contribution in [-0.2, 0) is 16.1 Å². The summed E-state index contributed by atoms with van der Waals surface area (Å²) in [6.45, 7) is 0.474. The smallest absolute Gasteiger partial charge is 0.337 e. The van der Waals surface area contributed by atoms with Gasteiger partial charge in [-0.15, -0.1) is 0 Å². The fraction of sp³-hybridized carbons (Fsp3) is 0.130. The van der Waals surface area contributed by atoms with Crippen LogP contribution in [0.3, 0.4) is 0 Å². The van der Waals surface area contributed by atoms with Crippen LogP contribution in [0.1, 0.15) is 26.3 Å². The molecular formula is C23H20I2O6. The van der Waals surface area contributed by atoms with E-state index in [1.165, 1.54) is 20.3 Å². The Morgan fingerprint density at radius 2 is 1.35 bits per heavy atom. The standard InChI is InChI=1S/C15H13IO3.C8H7IO3/c1-18-15(17)12-7-8-13(16)14(9-12)19-10-11-5-3-2-4-6-11;1-12-8(11)5-2-3-6(9)7(10)4-5/h2-9H,10H2,1H3;2-4,10H,1H3. The number of hydrogen-bond acceptors (Lipinski definition) is 6. The molecule has 3 aromatic carbocycles. The molecule has 0 aliphatic rings. The monoisotopic (exact) mass is 646 g/mol. The lowest BCUT2D eigenvalue weighted by Gasteiger charge is -2.09. The summed E-state index contributed by atoms with van der Waals surface area (Å²) in [5.74, 6) is -0.0199. The van der Waals surface area contributed by atoms with Crippen molar-refractivity contribution in [3.05, 3.63) is 90.6 Å². The predicted molar refractivity (Wildman–Crippen MR) is 133 cm³/mol. The van der Waals surface area contributed by atoms with Gasteiger partial charge < -0.3 is 19.3 Å². The number of halogens is 2. The third-order valence-electron chi connectivity index (χ3n) is 3.96. The van der Waals surface area contributed by atoms with Crippen LogP contribution in [0.15, 0.2) is 66.7 Å². The first-order chi connectivity index (χ1) is 14.8. The number of methoxy groups -OCH3 is 2. The maximum Gasteiger partial charge on any atom is 0.337 e. The molecule has 0 saturated heterocycles. The highest BCUT2D eigenvalue weighted by Crippen LogP contribution is 2.24. The first-order valence-electron chi connectivity index (χ1n) is 8.97. The zero-order valence-electron chi connectivity index (χ0n) is 16.8. The molecule has 0 bridgehead atoms. The molecule has 0 fully saturated rings. The Hall–Kier alpha value is -2.34. The van der Waals surface area contributed by atoms with Gasteiger partial charge in [0.25, 0.3) is 0 Å². The molecule has 0 aliphatic carbocycles. The Labute approximate surface area is 207 Å². The van der Waals surface area contributed by atoms with Crippen LogP contribution < -0.4 is 4.74 Å². The first kappa shape index (κ1) is 24.9. The van der Waals surface area contributed by atoms with E-state index in [2.05, 4.69) is 27.3 Å². The normalized spacial score (nSPS) is 9.81. The predicted octanol–water partition coefficient (Wildman–Crippen LogP) is 5.44. The van der Waals surface area contributed by atoms with Gasteiger partial charge in [0.15, 0.2) is 0 Å². The molecule has 0 amide bonds. The molecule has 3 aromatic rings. The first-order valence-corrected chi connectivity index (χ1v) is 11.1. The Bertz CT molecular complexity index is 1040. The number of carbonyl (C=O) groups excluding carboxylic acids is 2. The van der Waals surface area contributed by atoms with E-state index in [1.54, 1.807) is 24.3 Å². The Morgan fingerprint density at radius 1 is 0.806 bits per heavy atom. The molecule has 1 N–H and O–H groups in total. The Balaban J connectivity index is 0.000000245. The van der Waals surface area contributed by atoms with E-state index < -0.39 is 5.97 Å². The number of phenols is 1. The van der Waals surface area contributed by atoms with Crippen molar-refractivity contribution >= 4 is 57.1 Å². The van der Waals surface area contributed by atoms with Gasteiger partial charge in [0, 0.05) is 0 Å². The third kappa shape index (κ3) is 7.69. The van der Waals surface area contributed by atoms with Crippen molar-refractivity contribution in [2.24, 2.45) is 0 Å². The summed E-state index contributed by atoms with van der Waals surface area (Å²) in [5.41, 5.74) is 1.93. The highest BCUT2D eigenvalue weighted by Gasteiger charge is 2.10. The number of rotatable bonds is 5. The maximum absolute atomic E-state index is 11.5. The Morgan fingerprint density at radius 3 is 1.90 bits per heavy atom. The van der Waals surface area contributed by atoms with E-state index in [9.17, 15) is 14.7 Å². The minimum atomic E-state index is -0.443. The zero-order valence-corrected chi connectivity index (χ0v) is 21.1. The van der Waals surface area contributed by atoms with Gasteiger partial charge in [0.1, 0.15) is 18.1 Å². The molecule has 0 radical (unpaired) electrons. The van der Waals surface area contributed by atoms with Crippen molar-refractivity contribution in [1.29, 1.82) is 0 Å². The fourth-order valence-corrected chi connectivity index (χ4v) is 3.18. The molecule has 3 rings (SSSR count). The molecule has 0 spiro atoms. The fourth-order valence-electron chi connectivity index (χ4n) is 2.35. The van der Waals surface area contributed by atoms with Crippen molar-refractivity contribution in [2.45, 2.75) is 6.61 Å². The van der Waals surface area contributed by atoms with Gasteiger partial charge in [-0.1, -0.05) is 30.3 Å². The second kappa shape index (κ2) is 12.5. The molecule has 0 heterocycles. The summed E-state index contributed by atoms with van der Waals surface area (Å²) in [7, 11) is 2.67. The molecule has 0 saturated carbocycles. The molecular weight excluding hydrogens is 626 g/mol. The number of aromatic hydroxyl groups is 1. The highest BCUT2D eigenvalue weighted by atomic mass is 127. The summed E-state index contributed by atoms with van der Waals surface area (Å²) in [6, 6.07) is 19.8. The minimum absolute atomic E-state index is 0.0958. The largest absolute Gasteiger partial charge is 0.507 e. The minimum Gasteiger partial charge on any atom is -0.507 e. The van der Waals surface area contributed by atoms with Crippen LogP contribution in [0.25, 0.3) is 0 Å². The van der Waals surface area contributed by atoms with E-state index in [1.807, 2.05) is 59.0 Å². The summed E-state index contributed by atoms with van der Waals surface area (Å²) in [6.07, 6.45) is 0. The second-order valence-corrected chi connectivity index (χ2v) is 8.39. The number of phenolic OH excluding ortho intramolecular Hbond substituents is 1. The van der Waals surface area contributed by atoms with Crippen LogP contribution in [0.5, 0.6) is 11.5 Å². The lowest BCUT2D eigenvalue weighted by Crippen LogP contribution is -2.03. The van der Waals surface area contributed by atoms with Gasteiger partial charge in [-0.05, 0) is 87.1 Å². The van der Waals surface area contributed by atoms with Crippen LogP contribution in [0.2, 0.25) is 0 Å². The zero-order chi connectivity index (χ0) is 22.8. The topological polar surface area (TPSA) is 82.1 Å². The molecule has 8 heteroatoms. The SMILES string of the molecule is COC(=O)c1ccc(I)c(O)c1.COC(=O)c1ccc(I)c(OCc2ccccc2)c1. The van der Waals surface area contributed by atoms with E-state index >= 15 is 0 Å². The summed E-state index contributed by atoms with van der Waals surface area (Å²) >= 11 is 4.15. The van der Waals surface area contributed by atoms with Gasteiger partial charge in [-0.2, -0.15) is 0 Å². The van der Waals surface area contributed by atoms with E-state index in [0.717, 1.165) is 9.13 Å². The molecule has 0 atom stereocenters. The van der Waals surface area contributed by atoms with Crippen LogP contribution in [0.4, 0.5) is 0 Å². The van der Waals surface area contributed by atoms with Crippen molar-refractivity contribution in [1.82, 2.24) is 0 Å². The van der Waals surface area contributed by atoms with Crippen molar-refractivity contribution in [2.75, 3.05) is 14.2 Å². The average molecular weight is 646 g/mol. The van der Waals surface area contributed by atoms with Crippen molar-refractivity contribution in [3.63, 3.8) is 0 Å². The Kier molecular flexibility index (Phi) is 10.0. The lowest BCUT2D eigenvalue weighted by molar-refractivity contribution is 0.0591. The van der Waals surface area contributed by atoms with E-state index in [4.69, 9.17) is 9.47 Å². The summed E-state index contributed by atoms with van der Waals surface area (Å²) < 4.78 is 16.6. The number of ether oxygens (including phenoxy) is 3. The number of carbonyl (C=O) groups is 2. The summed E-state index contributed by atoms with van der Waals surface area (Å²) in [4.78, 5) is 22.4. The van der Waals surface area contributed by atoms with Gasteiger partial charge in [-0.3, -0.25) is 0 Å². The van der Waals surface area contributed by atoms with Crippen molar-refractivity contribution in [3.8, 4) is 11.5 Å². The summed E-state index contributed by atoms with van der Waals surface area (Å²) in [5, 5.41) is 9.23.